The van der Waals surface area contributed by atoms with Crippen molar-refractivity contribution < 1.29 is 9.53 Å². The van der Waals surface area contributed by atoms with E-state index in [2.05, 4.69) is 36.4 Å². The summed E-state index contributed by atoms with van der Waals surface area (Å²) in [4.78, 5) is 17.8. The van der Waals surface area contributed by atoms with Gasteiger partial charge in [0.25, 0.3) is 5.91 Å². The monoisotopic (exact) mass is 468 g/mol. The number of nitrogens with two attached hydrogens (primary N) is 1. The zero-order valence-electron chi connectivity index (χ0n) is 18.1. The van der Waals surface area contributed by atoms with Crippen LogP contribution in [0.1, 0.15) is 39.2 Å². The second kappa shape index (κ2) is 9.75. The molecule has 1 amide bonds. The Hall–Kier alpha value is -2.18. The Balaban J connectivity index is 0.00000245. The molecule has 0 bridgehead atoms. The van der Waals surface area contributed by atoms with Gasteiger partial charge in [0.15, 0.2) is 0 Å². The number of rotatable bonds is 4. The predicted molar refractivity (Wildman–Crippen MR) is 133 cm³/mol. The normalized spacial score (nSPS) is 17.0. The topological polar surface area (TPSA) is 55.6 Å². The van der Waals surface area contributed by atoms with Crippen LogP contribution in [0.2, 0.25) is 0 Å². The van der Waals surface area contributed by atoms with Gasteiger partial charge in [0, 0.05) is 34.8 Å². The van der Waals surface area contributed by atoms with Crippen molar-refractivity contribution >= 4 is 29.7 Å². The molecular weight excluding hydrogens is 440 g/mol. The lowest BCUT2D eigenvalue weighted by Crippen LogP contribution is -2.48. The molecule has 3 aromatic rings. The van der Waals surface area contributed by atoms with Gasteiger partial charge in [-0.3, -0.25) is 4.79 Å². The molecule has 1 fully saturated rings. The smallest absolute Gasteiger partial charge is 0.253 e. The highest BCUT2D eigenvalue weighted by Crippen LogP contribution is 2.46. The predicted octanol–water partition coefficient (Wildman–Crippen LogP) is 5.04. The number of hydrogen-bond acceptors (Lipinski definition) is 4. The quantitative estimate of drug-likeness (QED) is 0.583. The summed E-state index contributed by atoms with van der Waals surface area (Å²) in [7, 11) is 0. The first-order chi connectivity index (χ1) is 15.2. The molecule has 2 N–H and O–H groups in total. The van der Waals surface area contributed by atoms with E-state index in [1.807, 2.05) is 40.5 Å². The Morgan fingerprint density at radius 3 is 2.47 bits per heavy atom. The van der Waals surface area contributed by atoms with Crippen LogP contribution < -0.4 is 5.73 Å². The first-order valence-corrected chi connectivity index (χ1v) is 11.9. The standard InChI is InChI=1S/C26H28N2O2S.ClH/c27-14-10-19-6-8-21(9-7-19)25(29)28-15-12-26(13-16-28)22-18-24(20-4-2-1-3-5-20)31-23(22)11-17-30-26;/h1-9,18H,10-17,27H2;1H. The summed E-state index contributed by atoms with van der Waals surface area (Å²) in [5.41, 5.74) is 9.92. The molecule has 1 saturated heterocycles. The molecule has 1 spiro atoms. The molecule has 0 unspecified atom stereocenters. The zero-order valence-corrected chi connectivity index (χ0v) is 19.7. The number of halogens is 1. The average molecular weight is 469 g/mol. The number of ether oxygens (including phenoxy) is 1. The number of nitrogens with zero attached hydrogens (tertiary/aromatic N) is 1. The molecule has 0 aliphatic carbocycles. The number of carbonyl (C=O) groups excluding carboxylic acids is 1. The third-order valence-corrected chi connectivity index (χ3v) is 7.80. The number of thiophene rings is 1. The molecule has 3 heterocycles. The van der Waals surface area contributed by atoms with Gasteiger partial charge < -0.3 is 15.4 Å². The summed E-state index contributed by atoms with van der Waals surface area (Å²) in [6.07, 6.45) is 3.52. The van der Waals surface area contributed by atoms with E-state index in [1.165, 1.54) is 26.4 Å². The highest BCUT2D eigenvalue weighted by Gasteiger charge is 2.42. The molecule has 32 heavy (non-hydrogen) atoms. The van der Waals surface area contributed by atoms with Crippen LogP contribution in [0.15, 0.2) is 60.7 Å². The number of likely N-dealkylation sites (tertiary alicyclic amines) is 1. The third kappa shape index (κ3) is 4.35. The first-order valence-electron chi connectivity index (χ1n) is 11.1. The van der Waals surface area contributed by atoms with Crippen LogP contribution >= 0.6 is 23.7 Å². The Bertz CT molecular complexity index is 1060. The lowest BCUT2D eigenvalue weighted by Gasteiger charge is -2.44. The molecule has 168 valence electrons. The minimum atomic E-state index is -0.251. The van der Waals surface area contributed by atoms with E-state index in [-0.39, 0.29) is 23.9 Å². The maximum atomic E-state index is 13.0. The van der Waals surface area contributed by atoms with Crippen molar-refractivity contribution in [1.82, 2.24) is 4.90 Å². The molecule has 6 heteroatoms. The summed E-state index contributed by atoms with van der Waals surface area (Å²) < 4.78 is 6.42. The van der Waals surface area contributed by atoms with E-state index in [0.29, 0.717) is 6.54 Å². The zero-order chi connectivity index (χ0) is 21.3. The Kier molecular flexibility index (Phi) is 7.01. The van der Waals surface area contributed by atoms with Gasteiger partial charge in [0.2, 0.25) is 0 Å². The van der Waals surface area contributed by atoms with E-state index >= 15 is 0 Å². The molecule has 2 aliphatic heterocycles. The number of amides is 1. The third-order valence-electron chi connectivity index (χ3n) is 6.56. The highest BCUT2D eigenvalue weighted by atomic mass is 35.5. The molecule has 2 aliphatic rings. The minimum absolute atomic E-state index is 0. The van der Waals surface area contributed by atoms with Crippen molar-refractivity contribution in [3.63, 3.8) is 0 Å². The summed E-state index contributed by atoms with van der Waals surface area (Å²) in [5, 5.41) is 0. The largest absolute Gasteiger partial charge is 0.370 e. The molecule has 5 rings (SSSR count). The first kappa shape index (κ1) is 23.0. The number of carbonyl (C=O) groups is 1. The van der Waals surface area contributed by atoms with Crippen LogP contribution in [-0.4, -0.2) is 37.0 Å². The van der Waals surface area contributed by atoms with Crippen molar-refractivity contribution in [2.75, 3.05) is 26.2 Å². The van der Waals surface area contributed by atoms with Crippen LogP contribution in [-0.2, 0) is 23.2 Å². The minimum Gasteiger partial charge on any atom is -0.370 e. The van der Waals surface area contributed by atoms with Crippen LogP contribution in [0.25, 0.3) is 10.4 Å². The van der Waals surface area contributed by atoms with Gasteiger partial charge in [0.1, 0.15) is 0 Å². The van der Waals surface area contributed by atoms with Gasteiger partial charge in [0.05, 0.1) is 12.2 Å². The van der Waals surface area contributed by atoms with Gasteiger partial charge >= 0.3 is 0 Å². The van der Waals surface area contributed by atoms with E-state index in [1.54, 1.807) is 0 Å². The fraction of sp³-hybridized carbons (Fsp3) is 0.346. The van der Waals surface area contributed by atoms with Crippen molar-refractivity contribution in [3.8, 4) is 10.4 Å². The van der Waals surface area contributed by atoms with E-state index in [0.717, 1.165) is 50.9 Å². The van der Waals surface area contributed by atoms with Gasteiger partial charge in [-0.25, -0.2) is 0 Å². The Labute approximate surface area is 199 Å². The van der Waals surface area contributed by atoms with Crippen molar-refractivity contribution in [2.24, 2.45) is 5.73 Å². The molecular formula is C26H29ClN2O2S. The number of piperidine rings is 1. The molecule has 0 saturated carbocycles. The maximum Gasteiger partial charge on any atom is 0.253 e. The Morgan fingerprint density at radius 2 is 1.78 bits per heavy atom. The molecule has 0 radical (unpaired) electrons. The lowest BCUT2D eigenvalue weighted by atomic mass is 9.82. The van der Waals surface area contributed by atoms with Gasteiger partial charge in [-0.15, -0.1) is 23.7 Å². The van der Waals surface area contributed by atoms with E-state index < -0.39 is 0 Å². The molecule has 0 atom stereocenters. The maximum absolute atomic E-state index is 13.0. The summed E-state index contributed by atoms with van der Waals surface area (Å²) in [6, 6.07) is 20.8. The van der Waals surface area contributed by atoms with Crippen molar-refractivity contribution in [3.05, 3.63) is 82.2 Å². The van der Waals surface area contributed by atoms with Crippen LogP contribution in [0.4, 0.5) is 0 Å². The lowest BCUT2D eigenvalue weighted by molar-refractivity contribution is -0.0926. The summed E-state index contributed by atoms with van der Waals surface area (Å²) in [6.45, 7) is 2.83. The van der Waals surface area contributed by atoms with E-state index in [4.69, 9.17) is 10.5 Å². The molecule has 1 aromatic heterocycles. The Morgan fingerprint density at radius 1 is 1.06 bits per heavy atom. The fourth-order valence-electron chi connectivity index (χ4n) is 4.81. The van der Waals surface area contributed by atoms with Crippen LogP contribution in [0.3, 0.4) is 0 Å². The molecule has 4 nitrogen and oxygen atoms in total. The molecule has 2 aromatic carbocycles. The van der Waals surface area contributed by atoms with E-state index in [9.17, 15) is 4.79 Å². The second-order valence-corrected chi connectivity index (χ2v) is 9.57. The van der Waals surface area contributed by atoms with Crippen molar-refractivity contribution in [1.29, 1.82) is 0 Å². The van der Waals surface area contributed by atoms with Crippen LogP contribution in [0.5, 0.6) is 0 Å². The summed E-state index contributed by atoms with van der Waals surface area (Å²) >= 11 is 1.90. The average Bonchev–Trinajstić information content (AvgIpc) is 3.27. The number of benzene rings is 2. The second-order valence-electron chi connectivity index (χ2n) is 8.43. The van der Waals surface area contributed by atoms with Gasteiger partial charge in [-0.1, -0.05) is 42.5 Å². The van der Waals surface area contributed by atoms with Crippen LogP contribution in [0, 0.1) is 0 Å². The summed E-state index contributed by atoms with van der Waals surface area (Å²) in [5.74, 6) is 0.112. The number of hydrogen-bond donors (Lipinski definition) is 1. The van der Waals surface area contributed by atoms with Gasteiger partial charge in [-0.05, 0) is 60.7 Å². The van der Waals surface area contributed by atoms with Gasteiger partial charge in [-0.2, -0.15) is 0 Å². The van der Waals surface area contributed by atoms with Crippen molar-refractivity contribution in [2.45, 2.75) is 31.3 Å². The SMILES string of the molecule is Cl.NCCc1ccc(C(=O)N2CCC3(CC2)OCCc2sc(-c4ccccc4)cc23)cc1. The highest BCUT2D eigenvalue weighted by molar-refractivity contribution is 7.15. The number of fused-ring (bicyclic) bond motifs is 2. The fourth-order valence-corrected chi connectivity index (χ4v) is 6.05.